The molecule has 0 spiro atoms. The lowest BCUT2D eigenvalue weighted by atomic mass is 10.1. The Kier molecular flexibility index (Phi) is 3.77. The molecule has 0 atom stereocenters. The van der Waals surface area contributed by atoms with Crippen LogP contribution in [0.15, 0.2) is 18.2 Å². The van der Waals surface area contributed by atoms with Gasteiger partial charge in [0.25, 0.3) is 0 Å². The highest BCUT2D eigenvalue weighted by atomic mass is 16.5. The van der Waals surface area contributed by atoms with Crippen LogP contribution in [-0.4, -0.2) is 13.7 Å². The standard InChI is InChI=1S/C11H17NO/c1-3-9-4-5-10(6-7-12)11(8-9)13-2/h4-5,8H,3,6-7,12H2,1-2H3. The molecule has 0 heterocycles. The molecular formula is C11H17NO. The minimum Gasteiger partial charge on any atom is -0.496 e. The van der Waals surface area contributed by atoms with E-state index in [9.17, 15) is 0 Å². The minimum atomic E-state index is 0.668. The molecule has 1 rings (SSSR count). The average molecular weight is 179 g/mol. The Hall–Kier alpha value is -1.02. The first-order chi connectivity index (χ1) is 6.31. The Morgan fingerprint density at radius 1 is 1.38 bits per heavy atom. The summed E-state index contributed by atoms with van der Waals surface area (Å²) in [6.07, 6.45) is 1.92. The number of aryl methyl sites for hydroxylation is 1. The third-order valence-electron chi connectivity index (χ3n) is 2.17. The molecule has 0 bridgehead atoms. The summed E-state index contributed by atoms with van der Waals surface area (Å²) in [4.78, 5) is 0. The van der Waals surface area contributed by atoms with Gasteiger partial charge in [0, 0.05) is 0 Å². The summed E-state index contributed by atoms with van der Waals surface area (Å²) in [5.41, 5.74) is 8.00. The van der Waals surface area contributed by atoms with E-state index in [1.807, 2.05) is 0 Å². The van der Waals surface area contributed by atoms with E-state index in [2.05, 4.69) is 25.1 Å². The maximum Gasteiger partial charge on any atom is 0.122 e. The van der Waals surface area contributed by atoms with Gasteiger partial charge in [0.15, 0.2) is 0 Å². The smallest absolute Gasteiger partial charge is 0.122 e. The van der Waals surface area contributed by atoms with Gasteiger partial charge >= 0.3 is 0 Å². The second-order valence-corrected chi connectivity index (χ2v) is 3.04. The van der Waals surface area contributed by atoms with E-state index in [0.29, 0.717) is 6.54 Å². The maximum atomic E-state index is 5.50. The fourth-order valence-corrected chi connectivity index (χ4v) is 1.37. The molecule has 0 unspecified atom stereocenters. The number of rotatable bonds is 4. The number of ether oxygens (including phenoxy) is 1. The molecule has 0 aliphatic rings. The first-order valence-electron chi connectivity index (χ1n) is 4.67. The SMILES string of the molecule is CCc1ccc(CCN)c(OC)c1. The zero-order valence-corrected chi connectivity index (χ0v) is 8.34. The van der Waals surface area contributed by atoms with E-state index in [0.717, 1.165) is 18.6 Å². The van der Waals surface area contributed by atoms with Crippen molar-refractivity contribution in [2.24, 2.45) is 5.73 Å². The molecule has 2 nitrogen and oxygen atoms in total. The van der Waals surface area contributed by atoms with Crippen LogP contribution >= 0.6 is 0 Å². The van der Waals surface area contributed by atoms with Gasteiger partial charge in [-0.05, 0) is 36.6 Å². The van der Waals surface area contributed by atoms with E-state index in [4.69, 9.17) is 10.5 Å². The summed E-state index contributed by atoms with van der Waals surface area (Å²) in [6.45, 7) is 2.80. The Morgan fingerprint density at radius 2 is 2.15 bits per heavy atom. The highest BCUT2D eigenvalue weighted by molar-refractivity contribution is 5.37. The van der Waals surface area contributed by atoms with Gasteiger partial charge in [-0.1, -0.05) is 19.1 Å². The molecule has 2 N–H and O–H groups in total. The van der Waals surface area contributed by atoms with Crippen molar-refractivity contribution in [2.45, 2.75) is 19.8 Å². The molecular weight excluding hydrogens is 162 g/mol. The highest BCUT2D eigenvalue weighted by Crippen LogP contribution is 2.20. The number of hydrogen-bond acceptors (Lipinski definition) is 2. The second-order valence-electron chi connectivity index (χ2n) is 3.04. The van der Waals surface area contributed by atoms with E-state index < -0.39 is 0 Å². The van der Waals surface area contributed by atoms with Crippen LogP contribution in [0.1, 0.15) is 18.1 Å². The lowest BCUT2D eigenvalue weighted by Gasteiger charge is -2.08. The number of hydrogen-bond donors (Lipinski definition) is 1. The first-order valence-corrected chi connectivity index (χ1v) is 4.67. The summed E-state index contributed by atoms with van der Waals surface area (Å²) >= 11 is 0. The largest absolute Gasteiger partial charge is 0.496 e. The molecule has 2 heteroatoms. The quantitative estimate of drug-likeness (QED) is 0.764. The van der Waals surface area contributed by atoms with Crippen LogP contribution < -0.4 is 10.5 Å². The van der Waals surface area contributed by atoms with Crippen molar-refractivity contribution in [1.82, 2.24) is 0 Å². The van der Waals surface area contributed by atoms with Gasteiger partial charge in [-0.3, -0.25) is 0 Å². The van der Waals surface area contributed by atoms with E-state index in [1.165, 1.54) is 11.1 Å². The minimum absolute atomic E-state index is 0.668. The van der Waals surface area contributed by atoms with Crippen LogP contribution in [0, 0.1) is 0 Å². The van der Waals surface area contributed by atoms with Crippen molar-refractivity contribution in [1.29, 1.82) is 0 Å². The molecule has 0 fully saturated rings. The lowest BCUT2D eigenvalue weighted by Crippen LogP contribution is -2.04. The van der Waals surface area contributed by atoms with Crippen LogP contribution in [0.2, 0.25) is 0 Å². The summed E-state index contributed by atoms with van der Waals surface area (Å²) < 4.78 is 5.28. The molecule has 72 valence electrons. The molecule has 0 radical (unpaired) electrons. The Balaban J connectivity index is 2.93. The van der Waals surface area contributed by atoms with Crippen molar-refractivity contribution < 1.29 is 4.74 Å². The van der Waals surface area contributed by atoms with E-state index in [1.54, 1.807) is 7.11 Å². The lowest BCUT2D eigenvalue weighted by molar-refractivity contribution is 0.409. The predicted octanol–water partition coefficient (Wildman–Crippen LogP) is 1.76. The summed E-state index contributed by atoms with van der Waals surface area (Å²) in [6, 6.07) is 6.32. The van der Waals surface area contributed by atoms with Crippen LogP contribution in [0.25, 0.3) is 0 Å². The fraction of sp³-hybridized carbons (Fsp3) is 0.455. The molecule has 0 saturated heterocycles. The molecule has 0 aromatic heterocycles. The zero-order valence-electron chi connectivity index (χ0n) is 8.34. The van der Waals surface area contributed by atoms with Crippen molar-refractivity contribution in [3.05, 3.63) is 29.3 Å². The van der Waals surface area contributed by atoms with E-state index >= 15 is 0 Å². The van der Waals surface area contributed by atoms with Crippen molar-refractivity contribution in [2.75, 3.05) is 13.7 Å². The topological polar surface area (TPSA) is 35.2 Å². The normalized spacial score (nSPS) is 10.1. The van der Waals surface area contributed by atoms with Gasteiger partial charge in [-0.2, -0.15) is 0 Å². The van der Waals surface area contributed by atoms with Gasteiger partial charge < -0.3 is 10.5 Å². The predicted molar refractivity (Wildman–Crippen MR) is 55.1 cm³/mol. The number of nitrogens with two attached hydrogens (primary N) is 1. The highest BCUT2D eigenvalue weighted by Gasteiger charge is 2.02. The van der Waals surface area contributed by atoms with Crippen LogP contribution in [0.5, 0.6) is 5.75 Å². The van der Waals surface area contributed by atoms with Crippen LogP contribution in [0.4, 0.5) is 0 Å². The second kappa shape index (κ2) is 4.87. The first kappa shape index (κ1) is 10.1. The van der Waals surface area contributed by atoms with Crippen molar-refractivity contribution >= 4 is 0 Å². The Bertz CT molecular complexity index is 271. The third-order valence-corrected chi connectivity index (χ3v) is 2.17. The van der Waals surface area contributed by atoms with Gasteiger partial charge in [0.1, 0.15) is 5.75 Å². The van der Waals surface area contributed by atoms with E-state index in [-0.39, 0.29) is 0 Å². The monoisotopic (exact) mass is 179 g/mol. The molecule has 0 amide bonds. The number of methoxy groups -OCH3 is 1. The molecule has 13 heavy (non-hydrogen) atoms. The third kappa shape index (κ3) is 2.46. The molecule has 0 saturated carbocycles. The van der Waals surface area contributed by atoms with Crippen molar-refractivity contribution in [3.63, 3.8) is 0 Å². The van der Waals surface area contributed by atoms with Gasteiger partial charge in [0.2, 0.25) is 0 Å². The number of benzene rings is 1. The van der Waals surface area contributed by atoms with Crippen LogP contribution in [0.3, 0.4) is 0 Å². The van der Waals surface area contributed by atoms with Gasteiger partial charge in [-0.15, -0.1) is 0 Å². The molecule has 1 aromatic rings. The molecule has 0 aliphatic heterocycles. The van der Waals surface area contributed by atoms with Crippen LogP contribution in [-0.2, 0) is 12.8 Å². The van der Waals surface area contributed by atoms with Crippen molar-refractivity contribution in [3.8, 4) is 5.75 Å². The van der Waals surface area contributed by atoms with Gasteiger partial charge in [0.05, 0.1) is 7.11 Å². The van der Waals surface area contributed by atoms with Gasteiger partial charge in [-0.25, -0.2) is 0 Å². The maximum absolute atomic E-state index is 5.50. The Morgan fingerprint density at radius 3 is 2.69 bits per heavy atom. The zero-order chi connectivity index (χ0) is 9.68. The molecule has 0 aliphatic carbocycles. The fourth-order valence-electron chi connectivity index (χ4n) is 1.37. The summed E-state index contributed by atoms with van der Waals surface area (Å²) in [5.74, 6) is 0.963. The average Bonchev–Trinajstić information content (AvgIpc) is 2.19. The summed E-state index contributed by atoms with van der Waals surface area (Å²) in [5, 5.41) is 0. The summed E-state index contributed by atoms with van der Waals surface area (Å²) in [7, 11) is 1.70. The molecule has 1 aromatic carbocycles. The Labute approximate surface area is 79.7 Å².